The number of rotatable bonds is 5. The minimum atomic E-state index is -0.248. The lowest BCUT2D eigenvalue weighted by molar-refractivity contribution is 0.306. The van der Waals surface area contributed by atoms with Crippen molar-refractivity contribution in [1.82, 2.24) is 5.43 Å². The maximum atomic E-state index is 7.02. The first-order valence-electron chi connectivity index (χ1n) is 6.35. The molecular weight excluding hydrogens is 323 g/mol. The van der Waals surface area contributed by atoms with Crippen LogP contribution in [-0.4, -0.2) is 12.2 Å². The van der Waals surface area contributed by atoms with Gasteiger partial charge in [0.25, 0.3) is 0 Å². The quantitative estimate of drug-likeness (QED) is 0.444. The second-order valence-electron chi connectivity index (χ2n) is 4.36. The Balaban J connectivity index is 2.06. The van der Waals surface area contributed by atoms with E-state index >= 15 is 0 Å². The van der Waals surface area contributed by atoms with Crippen LogP contribution in [0.4, 0.5) is 0 Å². The van der Waals surface area contributed by atoms with E-state index in [4.69, 9.17) is 39.1 Å². The van der Waals surface area contributed by atoms with Gasteiger partial charge in [-0.2, -0.15) is 5.10 Å². The summed E-state index contributed by atoms with van der Waals surface area (Å²) in [5.74, 6) is 0.297. The minimum Gasteiger partial charge on any atom is -0.487 e. The average molecular weight is 337 g/mol. The van der Waals surface area contributed by atoms with Gasteiger partial charge < -0.3 is 10.5 Å². The van der Waals surface area contributed by atoms with Crippen LogP contribution in [0.25, 0.3) is 0 Å². The molecule has 0 amide bonds. The summed E-state index contributed by atoms with van der Waals surface area (Å²) in [4.78, 5) is 0. The van der Waals surface area contributed by atoms with E-state index in [0.717, 1.165) is 5.56 Å². The third-order valence-electron chi connectivity index (χ3n) is 2.69. The molecule has 0 aliphatic carbocycles. The lowest BCUT2D eigenvalue weighted by Crippen LogP contribution is -2.25. The van der Waals surface area contributed by atoms with Gasteiger partial charge >= 0.3 is 0 Å². The topological polar surface area (TPSA) is 83.5 Å². The van der Waals surface area contributed by atoms with E-state index in [1.165, 1.54) is 6.21 Å². The molecule has 7 heteroatoms. The Bertz CT molecular complexity index is 686. The maximum Gasteiger partial charge on any atom is 0.206 e. The van der Waals surface area contributed by atoms with Gasteiger partial charge in [0.1, 0.15) is 12.4 Å². The molecule has 4 N–H and O–H groups in total. The Morgan fingerprint density at radius 2 is 1.95 bits per heavy atom. The summed E-state index contributed by atoms with van der Waals surface area (Å²) >= 11 is 12.1. The molecule has 22 heavy (non-hydrogen) atoms. The van der Waals surface area contributed by atoms with E-state index in [2.05, 4.69) is 10.5 Å². The van der Waals surface area contributed by atoms with Crippen molar-refractivity contribution in [2.24, 2.45) is 10.8 Å². The van der Waals surface area contributed by atoms with E-state index in [1.54, 1.807) is 30.3 Å². The number of hydrazone groups is 1. The molecule has 2 aromatic rings. The molecule has 2 rings (SSSR count). The van der Waals surface area contributed by atoms with Gasteiger partial charge in [0.05, 0.1) is 11.2 Å². The Morgan fingerprint density at radius 1 is 1.23 bits per heavy atom. The molecule has 0 unspecified atom stereocenters. The predicted octanol–water partition coefficient (Wildman–Crippen LogP) is 3.39. The Kier molecular flexibility index (Phi) is 5.63. The summed E-state index contributed by atoms with van der Waals surface area (Å²) in [7, 11) is 0. The number of hydrogen-bond acceptors (Lipinski definition) is 3. The lowest BCUT2D eigenvalue weighted by Gasteiger charge is -2.09. The van der Waals surface area contributed by atoms with Crippen LogP contribution in [0, 0.1) is 5.41 Å². The van der Waals surface area contributed by atoms with Gasteiger partial charge in [-0.25, -0.2) is 5.43 Å². The van der Waals surface area contributed by atoms with Crippen molar-refractivity contribution >= 4 is 35.4 Å². The van der Waals surface area contributed by atoms with E-state index < -0.39 is 0 Å². The minimum absolute atomic E-state index is 0.248. The predicted molar refractivity (Wildman–Crippen MR) is 89.9 cm³/mol. The van der Waals surface area contributed by atoms with Crippen LogP contribution >= 0.6 is 23.2 Å². The van der Waals surface area contributed by atoms with Crippen LogP contribution < -0.4 is 15.9 Å². The molecule has 0 heterocycles. The number of hydrogen-bond donors (Lipinski definition) is 3. The lowest BCUT2D eigenvalue weighted by atomic mass is 10.2. The number of benzene rings is 2. The zero-order valence-electron chi connectivity index (χ0n) is 11.5. The number of halogens is 2. The van der Waals surface area contributed by atoms with Crippen molar-refractivity contribution < 1.29 is 4.74 Å². The highest BCUT2D eigenvalue weighted by Crippen LogP contribution is 2.28. The van der Waals surface area contributed by atoms with Crippen LogP contribution in [0.5, 0.6) is 5.75 Å². The fraction of sp³-hybridized carbons (Fsp3) is 0.0667. The number of ether oxygens (including phenoxy) is 1. The largest absolute Gasteiger partial charge is 0.487 e. The normalized spacial score (nSPS) is 10.6. The molecule has 5 nitrogen and oxygen atoms in total. The molecule has 114 valence electrons. The number of guanidine groups is 1. The van der Waals surface area contributed by atoms with Crippen LogP contribution in [0.15, 0.2) is 47.6 Å². The van der Waals surface area contributed by atoms with E-state index in [0.29, 0.717) is 28.0 Å². The highest BCUT2D eigenvalue weighted by Gasteiger charge is 2.06. The summed E-state index contributed by atoms with van der Waals surface area (Å²) in [6, 6.07) is 12.7. The average Bonchev–Trinajstić information content (AvgIpc) is 2.49. The van der Waals surface area contributed by atoms with Crippen molar-refractivity contribution in [1.29, 1.82) is 5.41 Å². The fourth-order valence-electron chi connectivity index (χ4n) is 1.65. The van der Waals surface area contributed by atoms with Crippen molar-refractivity contribution in [2.75, 3.05) is 0 Å². The molecule has 0 aliphatic heterocycles. The second kappa shape index (κ2) is 7.68. The first-order valence-corrected chi connectivity index (χ1v) is 7.10. The molecule has 0 radical (unpaired) electrons. The van der Waals surface area contributed by atoms with Crippen LogP contribution in [0.3, 0.4) is 0 Å². The third-order valence-corrected chi connectivity index (χ3v) is 3.35. The standard InChI is InChI=1S/C15H14Cl2N4O/c16-12-6-4-10(5-7-12)9-22-13-3-1-2-11(14(13)17)8-20-21-15(18)19/h1-8H,9H2,(H4,18,19,21)/b20-8+. The van der Waals surface area contributed by atoms with Crippen molar-refractivity contribution in [3.05, 3.63) is 63.6 Å². The molecule has 0 atom stereocenters. The summed E-state index contributed by atoms with van der Waals surface area (Å²) < 4.78 is 5.71. The Labute approximate surface area is 138 Å². The molecule has 0 aliphatic rings. The van der Waals surface area contributed by atoms with E-state index in [9.17, 15) is 0 Å². The van der Waals surface area contributed by atoms with Crippen molar-refractivity contribution in [2.45, 2.75) is 6.61 Å². The van der Waals surface area contributed by atoms with E-state index in [-0.39, 0.29) is 5.96 Å². The smallest absolute Gasteiger partial charge is 0.206 e. The Hall–Kier alpha value is -2.24. The van der Waals surface area contributed by atoms with Gasteiger partial charge in [-0.3, -0.25) is 5.41 Å². The SMILES string of the molecule is N=C(N)N/N=C/c1cccc(OCc2ccc(Cl)cc2)c1Cl. The number of nitrogens with two attached hydrogens (primary N) is 1. The molecule has 0 spiro atoms. The van der Waals surface area contributed by atoms with Gasteiger partial charge in [-0.15, -0.1) is 0 Å². The van der Waals surface area contributed by atoms with Crippen LogP contribution in [-0.2, 0) is 6.61 Å². The highest BCUT2D eigenvalue weighted by atomic mass is 35.5. The van der Waals surface area contributed by atoms with Gasteiger partial charge in [0, 0.05) is 10.6 Å². The summed E-state index contributed by atoms with van der Waals surface area (Å²) in [6.45, 7) is 0.378. The molecule has 0 bridgehead atoms. The van der Waals surface area contributed by atoms with Gasteiger partial charge in [0.2, 0.25) is 5.96 Å². The van der Waals surface area contributed by atoms with Crippen molar-refractivity contribution in [3.63, 3.8) is 0 Å². The second-order valence-corrected chi connectivity index (χ2v) is 5.17. The summed E-state index contributed by atoms with van der Waals surface area (Å²) in [5.41, 5.74) is 9.10. The third kappa shape index (κ3) is 4.65. The zero-order chi connectivity index (χ0) is 15.9. The number of nitrogens with one attached hydrogen (secondary N) is 2. The monoisotopic (exact) mass is 336 g/mol. The van der Waals surface area contributed by atoms with Crippen LogP contribution in [0.1, 0.15) is 11.1 Å². The van der Waals surface area contributed by atoms with Gasteiger partial charge in [0.15, 0.2) is 0 Å². The molecular formula is C15H14Cl2N4O. The molecule has 0 saturated heterocycles. The zero-order valence-corrected chi connectivity index (χ0v) is 13.0. The molecule has 0 aromatic heterocycles. The van der Waals surface area contributed by atoms with Crippen LogP contribution in [0.2, 0.25) is 10.0 Å². The van der Waals surface area contributed by atoms with Gasteiger partial charge in [-0.05, 0) is 23.8 Å². The first-order chi connectivity index (χ1) is 10.6. The van der Waals surface area contributed by atoms with Crippen molar-refractivity contribution in [3.8, 4) is 5.75 Å². The molecule has 2 aromatic carbocycles. The number of nitrogens with zero attached hydrogens (tertiary/aromatic N) is 1. The Morgan fingerprint density at radius 3 is 2.64 bits per heavy atom. The summed E-state index contributed by atoms with van der Waals surface area (Å²) in [6.07, 6.45) is 1.47. The maximum absolute atomic E-state index is 7.02. The van der Waals surface area contributed by atoms with Gasteiger partial charge in [-0.1, -0.05) is 47.5 Å². The fourth-order valence-corrected chi connectivity index (χ4v) is 2.01. The molecule has 0 fully saturated rings. The first kappa shape index (κ1) is 16.1. The molecule has 0 saturated carbocycles. The summed E-state index contributed by atoms with van der Waals surface area (Å²) in [5, 5.41) is 11.9. The highest BCUT2D eigenvalue weighted by molar-refractivity contribution is 6.34. The van der Waals surface area contributed by atoms with E-state index in [1.807, 2.05) is 12.1 Å².